The van der Waals surface area contributed by atoms with Gasteiger partial charge in [0.15, 0.2) is 0 Å². The van der Waals surface area contributed by atoms with Crippen LogP contribution in [0.25, 0.3) is 0 Å². The molecule has 0 radical (unpaired) electrons. The highest BCUT2D eigenvalue weighted by Crippen LogP contribution is 2.47. The minimum atomic E-state index is -0.319. The number of halogens is 1. The second kappa shape index (κ2) is 6.13. The smallest absolute Gasteiger partial charge is 0.244 e. The van der Waals surface area contributed by atoms with Crippen molar-refractivity contribution >= 4 is 12.1 Å². The Hall–Kier alpha value is -2.43. The fourth-order valence-corrected chi connectivity index (χ4v) is 2.35. The van der Waals surface area contributed by atoms with Crippen molar-refractivity contribution in [1.29, 1.82) is 0 Å². The molecule has 1 saturated carbocycles. The van der Waals surface area contributed by atoms with E-state index in [1.165, 1.54) is 24.8 Å². The lowest BCUT2D eigenvalue weighted by atomic mass is 10.1. The molecule has 1 heterocycles. The molecule has 3 rings (SSSR count). The number of carbonyl (C=O) groups excluding carboxylic acids is 1. The molecule has 2 atom stereocenters. The van der Waals surface area contributed by atoms with Gasteiger partial charge in [0, 0.05) is 5.92 Å². The van der Waals surface area contributed by atoms with Crippen LogP contribution in [0.3, 0.4) is 0 Å². The van der Waals surface area contributed by atoms with E-state index in [-0.39, 0.29) is 18.1 Å². The molecule has 2 aromatic rings. The second-order valence-corrected chi connectivity index (χ2v) is 5.66. The van der Waals surface area contributed by atoms with Gasteiger partial charge in [-0.1, -0.05) is 19.1 Å². The van der Waals surface area contributed by atoms with Gasteiger partial charge in [0.25, 0.3) is 0 Å². The first-order chi connectivity index (χ1) is 10.6. The fraction of sp³-hybridized carbons (Fsp3) is 0.294. The molecule has 1 fully saturated rings. The van der Waals surface area contributed by atoms with Crippen LogP contribution in [0.5, 0.6) is 0 Å². The number of nitrogens with one attached hydrogen (secondary N) is 1. The molecule has 0 saturated heterocycles. The zero-order valence-corrected chi connectivity index (χ0v) is 12.3. The number of furan rings is 1. The average molecular weight is 300 g/mol. The van der Waals surface area contributed by atoms with Gasteiger partial charge in [-0.3, -0.25) is 4.79 Å². The van der Waals surface area contributed by atoms with Crippen molar-refractivity contribution in [2.75, 3.05) is 0 Å². The molecule has 4 nitrogen and oxygen atoms in total. The Morgan fingerprint density at radius 1 is 1.36 bits per heavy atom. The third-order valence-corrected chi connectivity index (χ3v) is 3.78. The van der Waals surface area contributed by atoms with Crippen LogP contribution < -0.4 is 5.43 Å². The first-order valence-electron chi connectivity index (χ1n) is 7.28. The molecule has 1 N–H and O–H groups in total. The lowest BCUT2D eigenvalue weighted by Gasteiger charge is -1.99. The van der Waals surface area contributed by atoms with E-state index in [9.17, 15) is 9.18 Å². The van der Waals surface area contributed by atoms with Crippen molar-refractivity contribution in [2.45, 2.75) is 25.7 Å². The van der Waals surface area contributed by atoms with E-state index in [0.29, 0.717) is 17.6 Å². The summed E-state index contributed by atoms with van der Waals surface area (Å²) < 4.78 is 18.4. The van der Waals surface area contributed by atoms with Gasteiger partial charge in [-0.25, -0.2) is 9.82 Å². The Labute approximate surface area is 128 Å². The monoisotopic (exact) mass is 300 g/mol. The first kappa shape index (κ1) is 14.5. The number of carbonyl (C=O) groups is 1. The number of amides is 1. The van der Waals surface area contributed by atoms with Gasteiger partial charge >= 0.3 is 0 Å². The number of rotatable bonds is 5. The normalized spacial score (nSPS) is 20.3. The minimum Gasteiger partial charge on any atom is -0.460 e. The van der Waals surface area contributed by atoms with Crippen LogP contribution in [0.4, 0.5) is 4.39 Å². The second-order valence-electron chi connectivity index (χ2n) is 5.66. The highest BCUT2D eigenvalue weighted by Gasteiger charge is 2.36. The predicted octanol–water partition coefficient (Wildman–Crippen LogP) is 3.23. The van der Waals surface area contributed by atoms with E-state index < -0.39 is 0 Å². The molecule has 0 spiro atoms. The van der Waals surface area contributed by atoms with Crippen LogP contribution in [0, 0.1) is 11.7 Å². The Morgan fingerprint density at radius 3 is 2.77 bits per heavy atom. The van der Waals surface area contributed by atoms with Crippen molar-refractivity contribution in [1.82, 2.24) is 5.43 Å². The standard InChI is InChI=1S/C17H17FN2O2/c1-11-8-15(11)16-7-6-14(22-16)10-19-20-17(21)9-12-2-4-13(18)5-3-12/h2-7,10-11,15H,8-9H2,1H3,(H,20,21)/b19-10-/t11-,15-/m0/s1. The molecule has 1 aromatic heterocycles. The summed E-state index contributed by atoms with van der Waals surface area (Å²) in [6.45, 7) is 2.19. The molecule has 1 aliphatic rings. The summed E-state index contributed by atoms with van der Waals surface area (Å²) in [7, 11) is 0. The Bertz CT molecular complexity index is 691. The van der Waals surface area contributed by atoms with E-state index in [2.05, 4.69) is 17.5 Å². The van der Waals surface area contributed by atoms with Crippen molar-refractivity contribution in [2.24, 2.45) is 11.0 Å². The molecule has 0 aliphatic heterocycles. The number of hydrazone groups is 1. The predicted molar refractivity (Wildman–Crippen MR) is 81.1 cm³/mol. The average Bonchev–Trinajstić information content (AvgIpc) is 3.04. The van der Waals surface area contributed by atoms with E-state index in [4.69, 9.17) is 4.42 Å². The maximum Gasteiger partial charge on any atom is 0.244 e. The number of hydrogen-bond donors (Lipinski definition) is 1. The highest BCUT2D eigenvalue weighted by atomic mass is 19.1. The Kier molecular flexibility index (Phi) is 4.04. The van der Waals surface area contributed by atoms with Crippen LogP contribution in [0.2, 0.25) is 0 Å². The number of hydrogen-bond acceptors (Lipinski definition) is 3. The zero-order chi connectivity index (χ0) is 15.5. The lowest BCUT2D eigenvalue weighted by molar-refractivity contribution is -0.120. The molecule has 1 aromatic carbocycles. The van der Waals surface area contributed by atoms with Gasteiger partial charge in [0.05, 0.1) is 12.6 Å². The van der Waals surface area contributed by atoms with Gasteiger partial charge in [0.1, 0.15) is 17.3 Å². The van der Waals surface area contributed by atoms with Crippen LogP contribution in [0.1, 0.15) is 36.3 Å². The molecule has 22 heavy (non-hydrogen) atoms. The topological polar surface area (TPSA) is 54.6 Å². The fourth-order valence-electron chi connectivity index (χ4n) is 2.35. The third kappa shape index (κ3) is 3.61. The van der Waals surface area contributed by atoms with E-state index in [0.717, 1.165) is 11.3 Å². The summed E-state index contributed by atoms with van der Waals surface area (Å²) in [6.07, 6.45) is 2.80. The summed E-state index contributed by atoms with van der Waals surface area (Å²) in [5, 5.41) is 3.87. The molecular weight excluding hydrogens is 283 g/mol. The molecular formula is C17H17FN2O2. The van der Waals surface area contributed by atoms with E-state index in [1.54, 1.807) is 12.1 Å². The van der Waals surface area contributed by atoms with Gasteiger partial charge in [-0.2, -0.15) is 5.10 Å². The molecule has 1 amide bonds. The maximum absolute atomic E-state index is 12.8. The summed E-state index contributed by atoms with van der Waals surface area (Å²) in [4.78, 5) is 11.7. The molecule has 114 valence electrons. The maximum atomic E-state index is 12.8. The summed E-state index contributed by atoms with van der Waals surface area (Å²) in [6, 6.07) is 9.61. The van der Waals surface area contributed by atoms with Gasteiger partial charge < -0.3 is 4.42 Å². The van der Waals surface area contributed by atoms with Crippen molar-refractivity contribution in [3.05, 3.63) is 59.3 Å². The summed E-state index contributed by atoms with van der Waals surface area (Å²) in [5.41, 5.74) is 3.17. The van der Waals surface area contributed by atoms with Crippen LogP contribution in [-0.4, -0.2) is 12.1 Å². The Morgan fingerprint density at radius 2 is 2.09 bits per heavy atom. The molecule has 0 bridgehead atoms. The van der Waals surface area contributed by atoms with Crippen molar-refractivity contribution in [3.8, 4) is 0 Å². The largest absolute Gasteiger partial charge is 0.460 e. The van der Waals surface area contributed by atoms with Gasteiger partial charge in [-0.05, 0) is 42.2 Å². The van der Waals surface area contributed by atoms with Gasteiger partial charge in [-0.15, -0.1) is 0 Å². The molecule has 5 heteroatoms. The van der Waals surface area contributed by atoms with Crippen LogP contribution in [-0.2, 0) is 11.2 Å². The molecule has 1 aliphatic carbocycles. The summed E-state index contributed by atoms with van der Waals surface area (Å²) in [5.74, 6) is 2.23. The van der Waals surface area contributed by atoms with Crippen molar-refractivity contribution < 1.29 is 13.6 Å². The highest BCUT2D eigenvalue weighted by molar-refractivity contribution is 5.81. The van der Waals surface area contributed by atoms with Crippen LogP contribution in [0.15, 0.2) is 45.9 Å². The number of benzene rings is 1. The quantitative estimate of drug-likeness (QED) is 0.681. The minimum absolute atomic E-state index is 0.153. The first-order valence-corrected chi connectivity index (χ1v) is 7.28. The Balaban J connectivity index is 1.49. The van der Waals surface area contributed by atoms with Crippen molar-refractivity contribution in [3.63, 3.8) is 0 Å². The molecule has 0 unspecified atom stereocenters. The lowest BCUT2D eigenvalue weighted by Crippen LogP contribution is -2.19. The van der Waals surface area contributed by atoms with Crippen LogP contribution >= 0.6 is 0 Å². The zero-order valence-electron chi connectivity index (χ0n) is 12.3. The van der Waals surface area contributed by atoms with E-state index >= 15 is 0 Å². The number of nitrogens with zero attached hydrogens (tertiary/aromatic N) is 1. The summed E-state index contributed by atoms with van der Waals surface area (Å²) >= 11 is 0. The SMILES string of the molecule is C[C@H]1C[C@@H]1c1ccc(/C=N\NC(=O)Cc2ccc(F)cc2)o1. The van der Waals surface area contributed by atoms with Gasteiger partial charge in [0.2, 0.25) is 5.91 Å². The third-order valence-electron chi connectivity index (χ3n) is 3.78. The van der Waals surface area contributed by atoms with E-state index in [1.807, 2.05) is 12.1 Å².